The van der Waals surface area contributed by atoms with Gasteiger partial charge in [-0.2, -0.15) is 0 Å². The summed E-state index contributed by atoms with van der Waals surface area (Å²) in [5, 5.41) is 3.41. The van der Waals surface area contributed by atoms with Crippen molar-refractivity contribution in [1.82, 2.24) is 0 Å². The second kappa shape index (κ2) is 7.97. The van der Waals surface area contributed by atoms with E-state index in [-0.39, 0.29) is 18.4 Å². The fourth-order valence-corrected chi connectivity index (χ4v) is 2.66. The van der Waals surface area contributed by atoms with Crippen LogP contribution in [0.1, 0.15) is 32.3 Å². The summed E-state index contributed by atoms with van der Waals surface area (Å²) >= 11 is 5.98. The van der Waals surface area contributed by atoms with Crippen molar-refractivity contribution in [3.8, 4) is 0 Å². The number of hydrogen-bond acceptors (Lipinski definition) is 2. The van der Waals surface area contributed by atoms with Crippen LogP contribution < -0.4 is 10.2 Å². The fourth-order valence-electron chi connectivity index (χ4n) is 2.48. The topological polar surface area (TPSA) is 49.4 Å². The van der Waals surface area contributed by atoms with Crippen LogP contribution in [0.4, 0.5) is 11.4 Å². The molecule has 2 amide bonds. The first kappa shape index (κ1) is 18.0. The third-order valence-corrected chi connectivity index (χ3v) is 3.89. The van der Waals surface area contributed by atoms with Crippen LogP contribution in [0.5, 0.6) is 0 Å². The molecule has 24 heavy (non-hydrogen) atoms. The normalized spacial score (nSPS) is 10.5. The Kier molecular flexibility index (Phi) is 5.99. The first-order chi connectivity index (χ1) is 11.4. The number of halogens is 1. The lowest BCUT2D eigenvalue weighted by atomic mass is 10.0. The Hall–Kier alpha value is -2.33. The minimum atomic E-state index is -0.252. The first-order valence-electron chi connectivity index (χ1n) is 7.81. The van der Waals surface area contributed by atoms with Gasteiger partial charge in [-0.05, 0) is 35.7 Å². The Balaban J connectivity index is 2.16. The van der Waals surface area contributed by atoms with Crippen LogP contribution >= 0.6 is 11.6 Å². The summed E-state index contributed by atoms with van der Waals surface area (Å²) in [6.07, 6.45) is 0. The molecular formula is C19H21ClN2O2. The largest absolute Gasteiger partial charge is 0.324 e. The maximum Gasteiger partial charge on any atom is 0.244 e. The molecule has 2 aromatic carbocycles. The zero-order chi connectivity index (χ0) is 17.7. The van der Waals surface area contributed by atoms with Crippen molar-refractivity contribution in [3.05, 3.63) is 59.1 Å². The van der Waals surface area contributed by atoms with E-state index >= 15 is 0 Å². The van der Waals surface area contributed by atoms with Crippen molar-refractivity contribution in [2.75, 3.05) is 16.8 Å². The molecule has 4 nitrogen and oxygen atoms in total. The molecule has 0 saturated carbocycles. The van der Waals surface area contributed by atoms with Gasteiger partial charge in [0.2, 0.25) is 11.8 Å². The molecule has 0 spiro atoms. The van der Waals surface area contributed by atoms with Gasteiger partial charge < -0.3 is 10.2 Å². The highest BCUT2D eigenvalue weighted by Gasteiger charge is 2.17. The average molecular weight is 345 g/mol. The predicted octanol–water partition coefficient (Wildman–Crippen LogP) is 4.46. The summed E-state index contributed by atoms with van der Waals surface area (Å²) in [5.41, 5.74) is 2.43. The molecule has 126 valence electrons. The SMILES string of the molecule is CC(=O)N(CC(=O)Nc1ccccc1C(C)C)c1cccc(Cl)c1. The van der Waals surface area contributed by atoms with Crippen LogP contribution in [-0.2, 0) is 9.59 Å². The van der Waals surface area contributed by atoms with Crippen LogP contribution in [0, 0.1) is 0 Å². The quantitative estimate of drug-likeness (QED) is 0.870. The molecule has 2 aromatic rings. The average Bonchev–Trinajstić information content (AvgIpc) is 2.52. The van der Waals surface area contributed by atoms with Gasteiger partial charge in [0.05, 0.1) is 0 Å². The lowest BCUT2D eigenvalue weighted by Gasteiger charge is -2.21. The van der Waals surface area contributed by atoms with Gasteiger partial charge in [-0.25, -0.2) is 0 Å². The van der Waals surface area contributed by atoms with Gasteiger partial charge in [0, 0.05) is 23.3 Å². The van der Waals surface area contributed by atoms with E-state index in [9.17, 15) is 9.59 Å². The molecule has 0 bridgehead atoms. The van der Waals surface area contributed by atoms with Gasteiger partial charge >= 0.3 is 0 Å². The molecule has 0 aliphatic rings. The number of anilines is 2. The van der Waals surface area contributed by atoms with E-state index in [0.29, 0.717) is 16.6 Å². The van der Waals surface area contributed by atoms with E-state index in [1.165, 1.54) is 11.8 Å². The third kappa shape index (κ3) is 4.59. The zero-order valence-electron chi connectivity index (χ0n) is 14.0. The smallest absolute Gasteiger partial charge is 0.244 e. The Morgan fingerprint density at radius 2 is 1.83 bits per heavy atom. The maximum absolute atomic E-state index is 12.4. The summed E-state index contributed by atoms with van der Waals surface area (Å²) < 4.78 is 0. The lowest BCUT2D eigenvalue weighted by molar-refractivity contribution is -0.120. The minimum absolute atomic E-state index is 0.0674. The van der Waals surface area contributed by atoms with E-state index in [1.807, 2.05) is 24.3 Å². The molecule has 1 N–H and O–H groups in total. The number of nitrogens with zero attached hydrogens (tertiary/aromatic N) is 1. The van der Waals surface area contributed by atoms with Gasteiger partial charge in [0.1, 0.15) is 6.54 Å². The van der Waals surface area contributed by atoms with Crippen molar-refractivity contribution >= 4 is 34.8 Å². The third-order valence-electron chi connectivity index (χ3n) is 3.66. The highest BCUT2D eigenvalue weighted by atomic mass is 35.5. The van der Waals surface area contributed by atoms with Crippen molar-refractivity contribution in [3.63, 3.8) is 0 Å². The number of carbonyl (C=O) groups excluding carboxylic acids is 2. The van der Waals surface area contributed by atoms with Crippen LogP contribution in [-0.4, -0.2) is 18.4 Å². The highest BCUT2D eigenvalue weighted by Crippen LogP contribution is 2.24. The molecule has 0 aromatic heterocycles. The lowest BCUT2D eigenvalue weighted by Crippen LogP contribution is -2.36. The van der Waals surface area contributed by atoms with E-state index in [2.05, 4.69) is 19.2 Å². The molecule has 0 aliphatic heterocycles. The van der Waals surface area contributed by atoms with Crippen molar-refractivity contribution in [2.24, 2.45) is 0 Å². The van der Waals surface area contributed by atoms with Gasteiger partial charge in [-0.3, -0.25) is 9.59 Å². The summed E-state index contributed by atoms with van der Waals surface area (Å²) in [7, 11) is 0. The van der Waals surface area contributed by atoms with Gasteiger partial charge in [0.15, 0.2) is 0 Å². The Morgan fingerprint density at radius 1 is 1.12 bits per heavy atom. The number of rotatable bonds is 5. The van der Waals surface area contributed by atoms with Crippen molar-refractivity contribution < 1.29 is 9.59 Å². The number of carbonyl (C=O) groups is 2. The molecule has 2 rings (SSSR count). The van der Waals surface area contributed by atoms with Crippen LogP contribution in [0.15, 0.2) is 48.5 Å². The standard InChI is InChI=1S/C19H21ClN2O2/c1-13(2)17-9-4-5-10-18(17)21-19(24)12-22(14(3)23)16-8-6-7-15(20)11-16/h4-11,13H,12H2,1-3H3,(H,21,24). The van der Waals surface area contributed by atoms with Crippen LogP contribution in [0.25, 0.3) is 0 Å². The molecule has 0 heterocycles. The monoisotopic (exact) mass is 344 g/mol. The summed E-state index contributed by atoms with van der Waals surface area (Å²) in [6, 6.07) is 14.6. The second-order valence-electron chi connectivity index (χ2n) is 5.88. The molecule has 0 unspecified atom stereocenters. The number of benzene rings is 2. The van der Waals surface area contributed by atoms with Crippen molar-refractivity contribution in [1.29, 1.82) is 0 Å². The molecule has 0 atom stereocenters. The second-order valence-corrected chi connectivity index (χ2v) is 6.31. The van der Waals surface area contributed by atoms with Crippen LogP contribution in [0.3, 0.4) is 0 Å². The van der Waals surface area contributed by atoms with E-state index < -0.39 is 0 Å². The fraction of sp³-hybridized carbons (Fsp3) is 0.263. The number of hydrogen-bond donors (Lipinski definition) is 1. The van der Waals surface area contributed by atoms with E-state index in [1.54, 1.807) is 24.3 Å². The molecule has 0 aliphatic carbocycles. The number of para-hydroxylation sites is 1. The van der Waals surface area contributed by atoms with Gasteiger partial charge in [-0.1, -0.05) is 49.7 Å². The van der Waals surface area contributed by atoms with E-state index in [4.69, 9.17) is 11.6 Å². The van der Waals surface area contributed by atoms with Gasteiger partial charge in [-0.15, -0.1) is 0 Å². The Labute approximate surface area is 147 Å². The highest BCUT2D eigenvalue weighted by molar-refractivity contribution is 6.31. The zero-order valence-corrected chi connectivity index (χ0v) is 14.8. The molecule has 0 fully saturated rings. The maximum atomic E-state index is 12.4. The molecular weight excluding hydrogens is 324 g/mol. The summed E-state index contributed by atoms with van der Waals surface area (Å²) in [5.74, 6) is -0.179. The number of nitrogens with one attached hydrogen (secondary N) is 1. The Bertz CT molecular complexity index is 744. The van der Waals surface area contributed by atoms with Crippen molar-refractivity contribution in [2.45, 2.75) is 26.7 Å². The molecule has 5 heteroatoms. The van der Waals surface area contributed by atoms with E-state index in [0.717, 1.165) is 11.3 Å². The predicted molar refractivity (Wildman–Crippen MR) is 98.6 cm³/mol. The summed E-state index contributed by atoms with van der Waals surface area (Å²) in [4.78, 5) is 25.7. The number of amides is 2. The molecule has 0 radical (unpaired) electrons. The van der Waals surface area contributed by atoms with Gasteiger partial charge in [0.25, 0.3) is 0 Å². The first-order valence-corrected chi connectivity index (χ1v) is 8.18. The summed E-state index contributed by atoms with van der Waals surface area (Å²) in [6.45, 7) is 5.50. The van der Waals surface area contributed by atoms with Crippen LogP contribution in [0.2, 0.25) is 5.02 Å². The molecule has 0 saturated heterocycles. The Morgan fingerprint density at radius 3 is 2.46 bits per heavy atom. The minimum Gasteiger partial charge on any atom is -0.324 e.